The third-order valence-electron chi connectivity index (χ3n) is 3.26. The summed E-state index contributed by atoms with van der Waals surface area (Å²) in [6.07, 6.45) is 3.29. The van der Waals surface area contributed by atoms with Crippen LogP contribution in [-0.2, 0) is 14.8 Å². The molecule has 1 fully saturated rings. The molecule has 2 rings (SSSR count). The van der Waals surface area contributed by atoms with Gasteiger partial charge in [0.05, 0.1) is 5.69 Å². The molecule has 1 unspecified atom stereocenters. The number of sulfonamides is 1. The summed E-state index contributed by atoms with van der Waals surface area (Å²) in [5, 5.41) is 3.07. The van der Waals surface area contributed by atoms with Crippen molar-refractivity contribution in [3.63, 3.8) is 0 Å². The molecule has 0 radical (unpaired) electrons. The second kappa shape index (κ2) is 7.01. The van der Waals surface area contributed by atoms with Crippen LogP contribution in [0.3, 0.4) is 0 Å². The summed E-state index contributed by atoms with van der Waals surface area (Å²) in [6, 6.07) is 3.43. The Morgan fingerprint density at radius 1 is 1.50 bits per heavy atom. The molecule has 1 aromatic rings. The van der Waals surface area contributed by atoms with Gasteiger partial charge in [0, 0.05) is 32.5 Å². The SMILES string of the molecule is CCNc1cccnc1S(=O)(=O)NCCC1CCOC1. The topological polar surface area (TPSA) is 80.3 Å². The van der Waals surface area contributed by atoms with Crippen molar-refractivity contribution in [2.24, 2.45) is 5.92 Å². The van der Waals surface area contributed by atoms with Crippen LogP contribution < -0.4 is 10.0 Å². The molecule has 112 valence electrons. The largest absolute Gasteiger partial charge is 0.383 e. The summed E-state index contributed by atoms with van der Waals surface area (Å²) in [5.41, 5.74) is 0.534. The number of aromatic nitrogens is 1. The molecule has 0 bridgehead atoms. The monoisotopic (exact) mass is 299 g/mol. The Balaban J connectivity index is 1.98. The van der Waals surface area contributed by atoms with Crippen LogP contribution in [-0.4, -0.2) is 39.7 Å². The van der Waals surface area contributed by atoms with Gasteiger partial charge in [-0.3, -0.25) is 0 Å². The lowest BCUT2D eigenvalue weighted by molar-refractivity contribution is 0.184. The predicted octanol–water partition coefficient (Wildman–Crippen LogP) is 1.22. The van der Waals surface area contributed by atoms with E-state index < -0.39 is 10.0 Å². The third-order valence-corrected chi connectivity index (χ3v) is 4.68. The zero-order valence-electron chi connectivity index (χ0n) is 11.6. The van der Waals surface area contributed by atoms with Crippen molar-refractivity contribution in [2.45, 2.75) is 24.8 Å². The molecule has 7 heteroatoms. The van der Waals surface area contributed by atoms with Crippen LogP contribution in [0.4, 0.5) is 5.69 Å². The molecule has 6 nitrogen and oxygen atoms in total. The minimum Gasteiger partial charge on any atom is -0.383 e. The molecule has 1 aromatic heterocycles. The summed E-state index contributed by atoms with van der Waals surface area (Å²) in [6.45, 7) is 4.49. The first kappa shape index (κ1) is 15.2. The third kappa shape index (κ3) is 3.91. The molecule has 1 aliphatic rings. The highest BCUT2D eigenvalue weighted by Crippen LogP contribution is 2.19. The smallest absolute Gasteiger partial charge is 0.260 e. The number of hydrogen-bond acceptors (Lipinski definition) is 5. The average Bonchev–Trinajstić information content (AvgIpc) is 2.92. The number of nitrogens with one attached hydrogen (secondary N) is 2. The van der Waals surface area contributed by atoms with Crippen LogP contribution in [0, 0.1) is 5.92 Å². The minimum atomic E-state index is -3.57. The fraction of sp³-hybridized carbons (Fsp3) is 0.615. The Labute approximate surface area is 120 Å². The zero-order valence-corrected chi connectivity index (χ0v) is 12.4. The second-order valence-electron chi connectivity index (χ2n) is 4.80. The predicted molar refractivity (Wildman–Crippen MR) is 77.1 cm³/mol. The number of pyridine rings is 1. The maximum atomic E-state index is 12.3. The van der Waals surface area contributed by atoms with Crippen molar-refractivity contribution in [3.8, 4) is 0 Å². The highest BCUT2D eigenvalue weighted by Gasteiger charge is 2.21. The molecular formula is C13H21N3O3S. The molecule has 20 heavy (non-hydrogen) atoms. The van der Waals surface area contributed by atoms with Crippen molar-refractivity contribution in [3.05, 3.63) is 18.3 Å². The Bertz CT molecular complexity index is 527. The van der Waals surface area contributed by atoms with Crippen LogP contribution in [0.5, 0.6) is 0 Å². The lowest BCUT2D eigenvalue weighted by atomic mass is 10.1. The number of nitrogens with zero attached hydrogens (tertiary/aromatic N) is 1. The quantitative estimate of drug-likeness (QED) is 0.791. The normalized spacial score (nSPS) is 19.1. The summed E-state index contributed by atoms with van der Waals surface area (Å²) in [4.78, 5) is 3.98. The van der Waals surface area contributed by atoms with Gasteiger partial charge in [-0.1, -0.05) is 0 Å². The van der Waals surface area contributed by atoms with Crippen molar-refractivity contribution in [2.75, 3.05) is 31.6 Å². The molecule has 0 spiro atoms. The van der Waals surface area contributed by atoms with Crippen LogP contribution in [0.25, 0.3) is 0 Å². The van der Waals surface area contributed by atoms with Gasteiger partial charge < -0.3 is 10.1 Å². The molecule has 1 aliphatic heterocycles. The molecule has 0 saturated carbocycles. The highest BCUT2D eigenvalue weighted by molar-refractivity contribution is 7.89. The van der Waals surface area contributed by atoms with Gasteiger partial charge in [0.1, 0.15) is 0 Å². The molecule has 0 aliphatic carbocycles. The number of ether oxygens (including phenoxy) is 1. The number of hydrogen-bond donors (Lipinski definition) is 2. The van der Waals surface area contributed by atoms with Crippen LogP contribution >= 0.6 is 0 Å². The standard InChI is InChI=1S/C13H21N3O3S/c1-2-14-12-4-3-7-15-13(12)20(17,18)16-8-5-11-6-9-19-10-11/h3-4,7,11,14,16H,2,5-6,8-10H2,1H3. The first-order valence-corrected chi connectivity index (χ1v) is 8.38. The van der Waals surface area contributed by atoms with Gasteiger partial charge in [-0.15, -0.1) is 0 Å². The molecular weight excluding hydrogens is 278 g/mol. The first-order chi connectivity index (χ1) is 9.63. The van der Waals surface area contributed by atoms with Gasteiger partial charge in [0.15, 0.2) is 5.03 Å². The van der Waals surface area contributed by atoms with Crippen molar-refractivity contribution in [1.82, 2.24) is 9.71 Å². The minimum absolute atomic E-state index is 0.0597. The summed E-state index contributed by atoms with van der Waals surface area (Å²) in [5.74, 6) is 0.453. The Morgan fingerprint density at radius 3 is 3.05 bits per heavy atom. The number of anilines is 1. The Morgan fingerprint density at radius 2 is 2.35 bits per heavy atom. The first-order valence-electron chi connectivity index (χ1n) is 6.90. The van der Waals surface area contributed by atoms with Gasteiger partial charge in [-0.25, -0.2) is 18.1 Å². The zero-order chi connectivity index (χ0) is 14.4. The highest BCUT2D eigenvalue weighted by atomic mass is 32.2. The van der Waals surface area contributed by atoms with E-state index in [2.05, 4.69) is 15.0 Å². The maximum absolute atomic E-state index is 12.3. The van der Waals surface area contributed by atoms with E-state index in [1.54, 1.807) is 12.1 Å². The second-order valence-corrected chi connectivity index (χ2v) is 6.48. The molecule has 2 heterocycles. The van der Waals surface area contributed by atoms with Crippen molar-refractivity contribution < 1.29 is 13.2 Å². The van der Waals surface area contributed by atoms with Gasteiger partial charge in [-0.2, -0.15) is 0 Å². The Kier molecular flexibility index (Phi) is 5.33. The van der Waals surface area contributed by atoms with E-state index in [1.807, 2.05) is 6.92 Å². The van der Waals surface area contributed by atoms with E-state index in [-0.39, 0.29) is 5.03 Å². The van der Waals surface area contributed by atoms with Crippen LogP contribution in [0.2, 0.25) is 0 Å². The van der Waals surface area contributed by atoms with Crippen molar-refractivity contribution >= 4 is 15.7 Å². The summed E-state index contributed by atoms with van der Waals surface area (Å²) in [7, 11) is -3.57. The number of rotatable bonds is 7. The van der Waals surface area contributed by atoms with Gasteiger partial charge in [-0.05, 0) is 37.8 Å². The summed E-state index contributed by atoms with van der Waals surface area (Å²) < 4.78 is 32.4. The Hall–Kier alpha value is -1.18. The lowest BCUT2D eigenvalue weighted by Gasteiger charge is -2.12. The van der Waals surface area contributed by atoms with E-state index in [9.17, 15) is 8.42 Å². The van der Waals surface area contributed by atoms with E-state index in [4.69, 9.17) is 4.74 Å². The average molecular weight is 299 g/mol. The maximum Gasteiger partial charge on any atom is 0.260 e. The molecule has 1 saturated heterocycles. The summed E-state index contributed by atoms with van der Waals surface area (Å²) >= 11 is 0. The molecule has 2 N–H and O–H groups in total. The van der Waals surface area contributed by atoms with Crippen molar-refractivity contribution in [1.29, 1.82) is 0 Å². The van der Waals surface area contributed by atoms with E-state index in [0.29, 0.717) is 24.7 Å². The van der Waals surface area contributed by atoms with E-state index >= 15 is 0 Å². The molecule has 0 aromatic carbocycles. The van der Waals surface area contributed by atoms with E-state index in [1.165, 1.54) is 6.20 Å². The molecule has 0 amide bonds. The van der Waals surface area contributed by atoms with Crippen LogP contribution in [0.15, 0.2) is 23.4 Å². The molecule has 1 atom stereocenters. The fourth-order valence-electron chi connectivity index (χ4n) is 2.21. The van der Waals surface area contributed by atoms with Crippen LogP contribution in [0.1, 0.15) is 19.8 Å². The van der Waals surface area contributed by atoms with Gasteiger partial charge in [0.2, 0.25) is 0 Å². The van der Waals surface area contributed by atoms with Gasteiger partial charge >= 0.3 is 0 Å². The van der Waals surface area contributed by atoms with E-state index in [0.717, 1.165) is 26.1 Å². The lowest BCUT2D eigenvalue weighted by Crippen LogP contribution is -2.28. The fourth-order valence-corrected chi connectivity index (χ4v) is 3.36. The van der Waals surface area contributed by atoms with Gasteiger partial charge in [0.25, 0.3) is 10.0 Å².